The Morgan fingerprint density at radius 3 is 2.50 bits per heavy atom. The van der Waals surface area contributed by atoms with E-state index in [1.165, 1.54) is 18.0 Å². The molecule has 1 unspecified atom stereocenters. The van der Waals surface area contributed by atoms with Gasteiger partial charge >= 0.3 is 0 Å². The van der Waals surface area contributed by atoms with E-state index in [1.54, 1.807) is 12.1 Å². The lowest BCUT2D eigenvalue weighted by Gasteiger charge is -2.15. The summed E-state index contributed by atoms with van der Waals surface area (Å²) in [6.07, 6.45) is 3.05. The van der Waals surface area contributed by atoms with E-state index in [-0.39, 0.29) is 12.5 Å². The van der Waals surface area contributed by atoms with Gasteiger partial charge in [0.2, 0.25) is 0 Å². The van der Waals surface area contributed by atoms with Gasteiger partial charge in [0.15, 0.2) is 9.84 Å². The zero-order valence-corrected chi connectivity index (χ0v) is 11.2. The van der Waals surface area contributed by atoms with E-state index in [4.69, 9.17) is 5.11 Å². The minimum absolute atomic E-state index is 0.0147. The van der Waals surface area contributed by atoms with E-state index in [1.807, 2.05) is 19.2 Å². The highest BCUT2D eigenvalue weighted by Gasteiger charge is 2.18. The van der Waals surface area contributed by atoms with E-state index in [9.17, 15) is 8.42 Å². The molecule has 0 saturated heterocycles. The number of hydrogen-bond acceptors (Lipinski definition) is 4. The van der Waals surface area contributed by atoms with Gasteiger partial charge in [-0.3, -0.25) is 0 Å². The fourth-order valence-corrected chi connectivity index (χ4v) is 3.79. The first kappa shape index (κ1) is 13.5. The van der Waals surface area contributed by atoms with Crippen LogP contribution in [0, 0.1) is 0 Å². The van der Waals surface area contributed by atoms with Crippen molar-refractivity contribution in [2.75, 3.05) is 19.1 Å². The minimum Gasteiger partial charge on any atom is -0.396 e. The first-order chi connectivity index (χ1) is 7.41. The zero-order valence-electron chi connectivity index (χ0n) is 9.60. The van der Waals surface area contributed by atoms with Crippen LogP contribution >= 0.6 is 11.8 Å². The van der Waals surface area contributed by atoms with Gasteiger partial charge in [0.25, 0.3) is 0 Å². The smallest absolute Gasteiger partial charge is 0.176 e. The SMILES string of the molecule is CSc1c(C(C)CO)cccc1S(C)(=O)=O. The highest BCUT2D eigenvalue weighted by Crippen LogP contribution is 2.32. The van der Waals surface area contributed by atoms with Crippen molar-refractivity contribution in [1.82, 2.24) is 0 Å². The van der Waals surface area contributed by atoms with Gasteiger partial charge in [0.05, 0.1) is 4.90 Å². The van der Waals surface area contributed by atoms with Crippen molar-refractivity contribution < 1.29 is 13.5 Å². The van der Waals surface area contributed by atoms with Crippen molar-refractivity contribution in [1.29, 1.82) is 0 Å². The molecular formula is C11H16O3S2. The van der Waals surface area contributed by atoms with Crippen LogP contribution in [0.2, 0.25) is 0 Å². The molecule has 1 atom stereocenters. The first-order valence-corrected chi connectivity index (χ1v) is 8.01. The van der Waals surface area contributed by atoms with E-state index in [0.717, 1.165) is 10.5 Å². The predicted molar refractivity (Wildman–Crippen MR) is 66.8 cm³/mol. The first-order valence-electron chi connectivity index (χ1n) is 4.89. The van der Waals surface area contributed by atoms with Crippen molar-refractivity contribution in [3.05, 3.63) is 23.8 Å². The highest BCUT2D eigenvalue weighted by molar-refractivity contribution is 7.99. The van der Waals surface area contributed by atoms with Gasteiger partial charge in [0, 0.05) is 23.7 Å². The second-order valence-corrected chi connectivity index (χ2v) is 6.54. The van der Waals surface area contributed by atoms with E-state index in [0.29, 0.717) is 4.90 Å². The normalized spacial score (nSPS) is 13.8. The molecule has 1 N–H and O–H groups in total. The standard InChI is InChI=1S/C11H16O3S2/c1-8(7-12)9-5-4-6-10(11(9)15-2)16(3,13)14/h4-6,8,12H,7H2,1-3H3. The van der Waals surface area contributed by atoms with Crippen LogP contribution in [-0.2, 0) is 9.84 Å². The molecule has 0 aromatic heterocycles. The molecule has 1 aromatic rings. The lowest BCUT2D eigenvalue weighted by molar-refractivity contribution is 0.271. The van der Waals surface area contributed by atoms with Gasteiger partial charge in [-0.15, -0.1) is 11.8 Å². The molecule has 1 rings (SSSR count). The predicted octanol–water partition coefficient (Wildman–Crippen LogP) is 1.91. The second kappa shape index (κ2) is 5.21. The number of sulfone groups is 1. The average Bonchev–Trinajstić information content (AvgIpc) is 2.25. The molecule has 0 fully saturated rings. The summed E-state index contributed by atoms with van der Waals surface area (Å²) in [5.74, 6) is -0.0517. The Balaban J connectivity index is 3.44. The number of rotatable bonds is 4. The van der Waals surface area contributed by atoms with E-state index < -0.39 is 9.84 Å². The lowest BCUT2D eigenvalue weighted by Crippen LogP contribution is -2.06. The van der Waals surface area contributed by atoms with Gasteiger partial charge in [-0.05, 0) is 17.9 Å². The van der Waals surface area contributed by atoms with Gasteiger partial charge in [-0.25, -0.2) is 8.42 Å². The van der Waals surface area contributed by atoms with Gasteiger partial charge in [-0.1, -0.05) is 19.1 Å². The second-order valence-electron chi connectivity index (χ2n) is 3.73. The van der Waals surface area contributed by atoms with Crippen LogP contribution in [0.1, 0.15) is 18.4 Å². The van der Waals surface area contributed by atoms with E-state index in [2.05, 4.69) is 0 Å². The Kier molecular flexibility index (Phi) is 4.41. The van der Waals surface area contributed by atoms with Crippen molar-refractivity contribution >= 4 is 21.6 Å². The summed E-state index contributed by atoms with van der Waals surface area (Å²) in [5, 5.41) is 9.14. The summed E-state index contributed by atoms with van der Waals surface area (Å²) in [6.45, 7) is 1.89. The molecule has 5 heteroatoms. The summed E-state index contributed by atoms with van der Waals surface area (Å²) >= 11 is 1.40. The maximum Gasteiger partial charge on any atom is 0.176 e. The molecule has 1 aromatic carbocycles. The topological polar surface area (TPSA) is 54.4 Å². The van der Waals surface area contributed by atoms with Crippen LogP contribution in [0.25, 0.3) is 0 Å². The van der Waals surface area contributed by atoms with Crippen LogP contribution in [0.4, 0.5) is 0 Å². The van der Waals surface area contributed by atoms with Gasteiger partial charge in [-0.2, -0.15) is 0 Å². The van der Waals surface area contributed by atoms with Crippen LogP contribution in [0.15, 0.2) is 28.0 Å². The molecule has 0 aliphatic carbocycles. The Labute approximate surface area is 101 Å². The maximum absolute atomic E-state index is 11.6. The van der Waals surface area contributed by atoms with Crippen LogP contribution in [0.3, 0.4) is 0 Å². The van der Waals surface area contributed by atoms with Crippen LogP contribution in [-0.4, -0.2) is 32.6 Å². The summed E-state index contributed by atoms with van der Waals surface area (Å²) in [5.41, 5.74) is 0.887. The van der Waals surface area contributed by atoms with Crippen molar-refractivity contribution in [3.8, 4) is 0 Å². The summed E-state index contributed by atoms with van der Waals surface area (Å²) in [4.78, 5) is 1.09. The summed E-state index contributed by atoms with van der Waals surface area (Å²) in [6, 6.07) is 5.19. The third kappa shape index (κ3) is 2.78. The molecule has 0 aliphatic rings. The lowest BCUT2D eigenvalue weighted by atomic mass is 10.0. The number of aliphatic hydroxyl groups excluding tert-OH is 1. The summed E-state index contributed by atoms with van der Waals surface area (Å²) in [7, 11) is -3.21. The van der Waals surface area contributed by atoms with Crippen LogP contribution < -0.4 is 0 Å². The summed E-state index contributed by atoms with van der Waals surface area (Å²) < 4.78 is 23.2. The molecule has 3 nitrogen and oxygen atoms in total. The van der Waals surface area contributed by atoms with Crippen molar-refractivity contribution in [2.45, 2.75) is 22.6 Å². The Bertz CT molecular complexity index is 466. The Hall–Kier alpha value is -0.520. The minimum atomic E-state index is -3.21. The van der Waals surface area contributed by atoms with Gasteiger partial charge < -0.3 is 5.11 Å². The molecule has 90 valence electrons. The number of benzene rings is 1. The van der Waals surface area contributed by atoms with Gasteiger partial charge in [0.1, 0.15) is 0 Å². The largest absolute Gasteiger partial charge is 0.396 e. The third-order valence-corrected chi connectivity index (χ3v) is 4.55. The molecule has 0 radical (unpaired) electrons. The molecule has 0 amide bonds. The molecule has 0 spiro atoms. The monoisotopic (exact) mass is 260 g/mol. The Morgan fingerprint density at radius 1 is 1.44 bits per heavy atom. The molecular weight excluding hydrogens is 244 g/mol. The molecule has 16 heavy (non-hydrogen) atoms. The van der Waals surface area contributed by atoms with E-state index >= 15 is 0 Å². The Morgan fingerprint density at radius 2 is 2.06 bits per heavy atom. The molecule has 0 aliphatic heterocycles. The van der Waals surface area contributed by atoms with Crippen molar-refractivity contribution in [2.24, 2.45) is 0 Å². The maximum atomic E-state index is 11.6. The number of aliphatic hydroxyl groups is 1. The molecule has 0 saturated carbocycles. The highest BCUT2D eigenvalue weighted by atomic mass is 32.2. The molecule has 0 bridgehead atoms. The third-order valence-electron chi connectivity index (χ3n) is 2.42. The zero-order chi connectivity index (χ0) is 12.3. The van der Waals surface area contributed by atoms with Crippen LogP contribution in [0.5, 0.6) is 0 Å². The molecule has 0 heterocycles. The quantitative estimate of drug-likeness (QED) is 0.840. The fraction of sp³-hybridized carbons (Fsp3) is 0.455. The van der Waals surface area contributed by atoms with Crippen molar-refractivity contribution in [3.63, 3.8) is 0 Å². The number of thioether (sulfide) groups is 1. The average molecular weight is 260 g/mol. The number of hydrogen-bond donors (Lipinski definition) is 1. The fourth-order valence-electron chi connectivity index (χ4n) is 1.53.